The fourth-order valence-corrected chi connectivity index (χ4v) is 1.92. The fourth-order valence-electron chi connectivity index (χ4n) is 1.92. The van der Waals surface area contributed by atoms with E-state index in [1.165, 1.54) is 5.56 Å². The minimum Gasteiger partial charge on any atom is -0.489 e. The third-order valence-corrected chi connectivity index (χ3v) is 3.02. The van der Waals surface area contributed by atoms with Crippen molar-refractivity contribution in [3.05, 3.63) is 54.1 Å². The van der Waals surface area contributed by atoms with E-state index in [2.05, 4.69) is 5.32 Å². The monoisotopic (exact) mass is 287 g/mol. The van der Waals surface area contributed by atoms with E-state index in [4.69, 9.17) is 16.2 Å². The number of anilines is 2. The van der Waals surface area contributed by atoms with Crippen molar-refractivity contribution < 1.29 is 9.84 Å². The van der Waals surface area contributed by atoms with Crippen LogP contribution in [-0.2, 0) is 6.54 Å². The molecular formula is C16H21N3O2. The summed E-state index contributed by atoms with van der Waals surface area (Å²) in [5.41, 5.74) is 13.6. The summed E-state index contributed by atoms with van der Waals surface area (Å²) < 4.78 is 5.49. The summed E-state index contributed by atoms with van der Waals surface area (Å²) in [4.78, 5) is 0. The Balaban J connectivity index is 1.71. The summed E-state index contributed by atoms with van der Waals surface area (Å²) in [5, 5.41) is 13.1. The largest absolute Gasteiger partial charge is 0.489 e. The van der Waals surface area contributed by atoms with E-state index in [9.17, 15) is 5.11 Å². The second-order valence-electron chi connectivity index (χ2n) is 4.88. The highest BCUT2D eigenvalue weighted by atomic mass is 16.5. The lowest BCUT2D eigenvalue weighted by molar-refractivity contribution is 0.106. The Bertz CT molecular complexity index is 561. The number of aliphatic hydroxyl groups excluding tert-OH is 1. The summed E-state index contributed by atoms with van der Waals surface area (Å²) in [6.07, 6.45) is -0.606. The van der Waals surface area contributed by atoms with E-state index in [1.54, 1.807) is 18.2 Å². The third kappa shape index (κ3) is 4.98. The van der Waals surface area contributed by atoms with Crippen molar-refractivity contribution in [2.45, 2.75) is 12.6 Å². The molecule has 21 heavy (non-hydrogen) atoms. The number of benzene rings is 2. The van der Waals surface area contributed by atoms with Gasteiger partial charge in [-0.1, -0.05) is 30.3 Å². The predicted octanol–water partition coefficient (Wildman–Crippen LogP) is 1.38. The van der Waals surface area contributed by atoms with Crippen LogP contribution in [0.5, 0.6) is 5.75 Å². The first-order chi connectivity index (χ1) is 10.1. The summed E-state index contributed by atoms with van der Waals surface area (Å²) in [7, 11) is 0. The van der Waals surface area contributed by atoms with Crippen molar-refractivity contribution in [1.29, 1.82) is 0 Å². The summed E-state index contributed by atoms with van der Waals surface area (Å²) in [6.45, 7) is 1.33. The van der Waals surface area contributed by atoms with Crippen LogP contribution in [-0.4, -0.2) is 24.4 Å². The van der Waals surface area contributed by atoms with Crippen LogP contribution < -0.4 is 21.5 Å². The Morgan fingerprint density at radius 3 is 2.57 bits per heavy atom. The van der Waals surface area contributed by atoms with E-state index in [0.717, 1.165) is 0 Å². The maximum absolute atomic E-state index is 9.88. The first kappa shape index (κ1) is 15.2. The minimum atomic E-state index is -0.606. The molecule has 6 N–H and O–H groups in total. The van der Waals surface area contributed by atoms with Crippen LogP contribution in [0, 0.1) is 0 Å². The minimum absolute atomic E-state index is 0.176. The van der Waals surface area contributed by atoms with E-state index >= 15 is 0 Å². The molecule has 112 valence electrons. The van der Waals surface area contributed by atoms with Crippen molar-refractivity contribution in [3.63, 3.8) is 0 Å². The molecule has 2 rings (SSSR count). The summed E-state index contributed by atoms with van der Waals surface area (Å²) in [6, 6.07) is 15.1. The molecule has 0 radical (unpaired) electrons. The van der Waals surface area contributed by atoms with Crippen molar-refractivity contribution in [1.82, 2.24) is 5.32 Å². The van der Waals surface area contributed by atoms with Gasteiger partial charge in [-0.25, -0.2) is 0 Å². The van der Waals surface area contributed by atoms with Gasteiger partial charge in [0.05, 0.1) is 5.69 Å². The average Bonchev–Trinajstić information content (AvgIpc) is 2.47. The average molecular weight is 287 g/mol. The molecule has 1 atom stereocenters. The zero-order valence-corrected chi connectivity index (χ0v) is 11.8. The SMILES string of the molecule is Nc1ccc(OCC(O)CNCc2ccccc2)c(N)c1. The van der Waals surface area contributed by atoms with Gasteiger partial charge in [0.15, 0.2) is 0 Å². The fraction of sp³-hybridized carbons (Fsp3) is 0.250. The summed E-state index contributed by atoms with van der Waals surface area (Å²) in [5.74, 6) is 0.534. The van der Waals surface area contributed by atoms with Crippen molar-refractivity contribution in [3.8, 4) is 5.75 Å². The second kappa shape index (κ2) is 7.52. The van der Waals surface area contributed by atoms with Gasteiger partial charge in [0.2, 0.25) is 0 Å². The Labute approximate surface area is 124 Å². The molecule has 5 heteroatoms. The zero-order chi connectivity index (χ0) is 15.1. The quantitative estimate of drug-likeness (QED) is 0.577. The first-order valence-electron chi connectivity index (χ1n) is 6.85. The van der Waals surface area contributed by atoms with Crippen LogP contribution in [0.2, 0.25) is 0 Å². The Morgan fingerprint density at radius 1 is 1.10 bits per heavy atom. The second-order valence-corrected chi connectivity index (χ2v) is 4.88. The molecule has 0 aliphatic carbocycles. The van der Waals surface area contributed by atoms with Gasteiger partial charge in [0.25, 0.3) is 0 Å². The molecule has 0 saturated heterocycles. The Morgan fingerprint density at radius 2 is 1.86 bits per heavy atom. The van der Waals surface area contributed by atoms with E-state index in [0.29, 0.717) is 30.2 Å². The molecule has 0 saturated carbocycles. The molecule has 0 amide bonds. The van der Waals surface area contributed by atoms with Crippen LogP contribution in [0.3, 0.4) is 0 Å². The number of nitrogens with one attached hydrogen (secondary N) is 1. The Kier molecular flexibility index (Phi) is 5.43. The van der Waals surface area contributed by atoms with Gasteiger partial charge >= 0.3 is 0 Å². The maximum atomic E-state index is 9.88. The lowest BCUT2D eigenvalue weighted by Crippen LogP contribution is -2.31. The number of hydrogen-bond donors (Lipinski definition) is 4. The van der Waals surface area contributed by atoms with Crippen molar-refractivity contribution in [2.24, 2.45) is 0 Å². The van der Waals surface area contributed by atoms with Crippen molar-refractivity contribution >= 4 is 11.4 Å². The van der Waals surface area contributed by atoms with Gasteiger partial charge in [-0.2, -0.15) is 0 Å². The van der Waals surface area contributed by atoms with Gasteiger partial charge in [-0.05, 0) is 23.8 Å². The standard InChI is InChI=1S/C16H21N3O2/c17-13-6-7-16(15(18)8-13)21-11-14(20)10-19-9-12-4-2-1-3-5-12/h1-8,14,19-20H,9-11,17-18H2. The highest BCUT2D eigenvalue weighted by Gasteiger charge is 2.07. The molecule has 5 nitrogen and oxygen atoms in total. The molecule has 0 fully saturated rings. The number of nitrogens with two attached hydrogens (primary N) is 2. The van der Waals surface area contributed by atoms with Crippen molar-refractivity contribution in [2.75, 3.05) is 24.6 Å². The molecule has 0 bridgehead atoms. The first-order valence-corrected chi connectivity index (χ1v) is 6.85. The van der Waals surface area contributed by atoms with Gasteiger partial charge < -0.3 is 26.6 Å². The summed E-state index contributed by atoms with van der Waals surface area (Å²) >= 11 is 0. The molecule has 0 aromatic heterocycles. The number of nitrogen functional groups attached to an aromatic ring is 2. The van der Waals surface area contributed by atoms with E-state index in [-0.39, 0.29) is 6.61 Å². The molecule has 0 aliphatic rings. The molecule has 0 aliphatic heterocycles. The molecule has 2 aromatic rings. The molecule has 1 unspecified atom stereocenters. The zero-order valence-electron chi connectivity index (χ0n) is 11.8. The molecule has 0 heterocycles. The highest BCUT2D eigenvalue weighted by molar-refractivity contribution is 5.60. The van der Waals surface area contributed by atoms with E-state index < -0.39 is 6.10 Å². The maximum Gasteiger partial charge on any atom is 0.142 e. The van der Waals surface area contributed by atoms with Crippen LogP contribution in [0.15, 0.2) is 48.5 Å². The molecule has 2 aromatic carbocycles. The topological polar surface area (TPSA) is 93.5 Å². The van der Waals surface area contributed by atoms with Gasteiger partial charge in [0.1, 0.15) is 18.5 Å². The third-order valence-electron chi connectivity index (χ3n) is 3.02. The lowest BCUT2D eigenvalue weighted by atomic mass is 10.2. The molecule has 0 spiro atoms. The molecular weight excluding hydrogens is 266 g/mol. The van der Waals surface area contributed by atoms with Crippen LogP contribution in [0.25, 0.3) is 0 Å². The van der Waals surface area contributed by atoms with Crippen LogP contribution >= 0.6 is 0 Å². The van der Waals surface area contributed by atoms with Gasteiger partial charge in [-0.3, -0.25) is 0 Å². The number of ether oxygens (including phenoxy) is 1. The highest BCUT2D eigenvalue weighted by Crippen LogP contribution is 2.23. The van der Waals surface area contributed by atoms with E-state index in [1.807, 2.05) is 30.3 Å². The Hall–Kier alpha value is -2.24. The lowest BCUT2D eigenvalue weighted by Gasteiger charge is -2.14. The number of rotatable bonds is 7. The predicted molar refractivity (Wildman–Crippen MR) is 84.9 cm³/mol. The van der Waals surface area contributed by atoms with Crippen LogP contribution in [0.1, 0.15) is 5.56 Å². The van der Waals surface area contributed by atoms with Gasteiger partial charge in [0, 0.05) is 18.8 Å². The smallest absolute Gasteiger partial charge is 0.142 e. The normalized spacial score (nSPS) is 12.0. The number of aliphatic hydroxyl groups is 1. The van der Waals surface area contributed by atoms with Gasteiger partial charge in [-0.15, -0.1) is 0 Å². The number of hydrogen-bond acceptors (Lipinski definition) is 5. The van der Waals surface area contributed by atoms with Crippen LogP contribution in [0.4, 0.5) is 11.4 Å².